The molecule has 0 atom stereocenters. The van der Waals surface area contributed by atoms with Crippen LogP contribution in [-0.4, -0.2) is 29.9 Å². The van der Waals surface area contributed by atoms with Gasteiger partial charge in [0.2, 0.25) is 5.88 Å². The Hall–Kier alpha value is -3.67. The van der Waals surface area contributed by atoms with Crippen molar-refractivity contribution in [2.24, 2.45) is 5.41 Å². The van der Waals surface area contributed by atoms with Crippen LogP contribution in [0.25, 0.3) is 11.1 Å². The Morgan fingerprint density at radius 3 is 2.50 bits per heavy atom. The van der Waals surface area contributed by atoms with E-state index >= 15 is 0 Å². The monoisotopic (exact) mass is 429 g/mol. The van der Waals surface area contributed by atoms with Crippen LogP contribution in [0.4, 0.5) is 16.2 Å². The molecule has 0 unspecified atom stereocenters. The zero-order valence-corrected chi connectivity index (χ0v) is 18.6. The molecule has 0 bridgehead atoms. The van der Waals surface area contributed by atoms with Crippen molar-refractivity contribution < 1.29 is 14.3 Å². The average molecular weight is 430 g/mol. The number of benzene rings is 2. The van der Waals surface area contributed by atoms with Gasteiger partial charge in [0.1, 0.15) is 12.4 Å². The minimum Gasteiger partial charge on any atom is -0.477 e. The Balaban J connectivity index is 1.44. The number of nitrogens with zero attached hydrogens (tertiary/aromatic N) is 2. The summed E-state index contributed by atoms with van der Waals surface area (Å²) in [5.74, 6) is 0.576. The van der Waals surface area contributed by atoms with Gasteiger partial charge in [-0.2, -0.15) is 0 Å². The lowest BCUT2D eigenvalue weighted by molar-refractivity contribution is -0.126. The number of pyridine rings is 1. The van der Waals surface area contributed by atoms with Crippen LogP contribution in [0.5, 0.6) is 5.88 Å². The first-order valence-corrected chi connectivity index (χ1v) is 10.7. The van der Waals surface area contributed by atoms with Gasteiger partial charge in [-0.1, -0.05) is 24.3 Å². The minimum absolute atomic E-state index is 0.0822. The van der Waals surface area contributed by atoms with Crippen molar-refractivity contribution in [3.05, 3.63) is 72.4 Å². The molecule has 4 rings (SSSR count). The highest BCUT2D eigenvalue weighted by molar-refractivity contribution is 6.03. The zero-order chi connectivity index (χ0) is 22.7. The van der Waals surface area contributed by atoms with Crippen LogP contribution in [0.1, 0.15) is 26.3 Å². The fourth-order valence-corrected chi connectivity index (χ4v) is 3.50. The summed E-state index contributed by atoms with van der Waals surface area (Å²) < 4.78 is 5.70. The number of hydrogen-bond acceptors (Lipinski definition) is 4. The lowest BCUT2D eigenvalue weighted by atomic mass is 9.90. The number of carbonyl (C=O) groups excluding carboxylic acids is 2. The molecule has 2 amide bonds. The number of para-hydroxylation sites is 1. The molecule has 0 spiro atoms. The topological polar surface area (TPSA) is 71.5 Å². The Morgan fingerprint density at radius 1 is 1.06 bits per heavy atom. The first-order chi connectivity index (χ1) is 15.3. The van der Waals surface area contributed by atoms with Crippen molar-refractivity contribution in [3.63, 3.8) is 0 Å². The van der Waals surface area contributed by atoms with Gasteiger partial charge in [0.05, 0.1) is 5.41 Å². The lowest BCUT2D eigenvalue weighted by Gasteiger charge is -2.20. The van der Waals surface area contributed by atoms with Gasteiger partial charge < -0.3 is 10.1 Å². The number of Topliss-reactive ketones (excluding diaryl/α,β-unsaturated/α-hetero) is 1. The number of ketones is 1. The Morgan fingerprint density at radius 2 is 1.81 bits per heavy atom. The average Bonchev–Trinajstić information content (AvgIpc) is 3.22. The van der Waals surface area contributed by atoms with E-state index in [1.54, 1.807) is 18.0 Å². The summed E-state index contributed by atoms with van der Waals surface area (Å²) in [6.07, 6.45) is 2.58. The highest BCUT2D eigenvalue weighted by Crippen LogP contribution is 2.33. The number of urea groups is 1. The molecule has 6 nitrogen and oxygen atoms in total. The molecule has 2 aromatic carbocycles. The summed E-state index contributed by atoms with van der Waals surface area (Å²) in [5.41, 5.74) is 4.31. The van der Waals surface area contributed by atoms with E-state index in [1.807, 2.05) is 68.4 Å². The van der Waals surface area contributed by atoms with Crippen LogP contribution >= 0.6 is 0 Å². The third-order valence-electron chi connectivity index (χ3n) is 5.85. The highest BCUT2D eigenvalue weighted by atomic mass is 16.5. The standard InChI is InChI=1S/C26H27N3O3/c1-18(30)26(2,3)17-32-24-12-10-21(16-27-24)19-9-11-23-20(15-19)13-14-29(23)25(31)28-22-7-5-4-6-8-22/h4-12,15-16H,13-14,17H2,1-3H3,(H,28,31). The van der Waals surface area contributed by atoms with E-state index in [0.29, 0.717) is 12.4 Å². The summed E-state index contributed by atoms with van der Waals surface area (Å²) in [6, 6.07) is 19.2. The molecule has 1 aliphatic heterocycles. The number of rotatable bonds is 6. The van der Waals surface area contributed by atoms with Gasteiger partial charge in [-0.25, -0.2) is 9.78 Å². The normalized spacial score (nSPS) is 12.9. The molecule has 0 aliphatic carbocycles. The highest BCUT2D eigenvalue weighted by Gasteiger charge is 2.26. The largest absolute Gasteiger partial charge is 0.477 e. The van der Waals surface area contributed by atoms with Crippen molar-refractivity contribution in [2.75, 3.05) is 23.4 Å². The van der Waals surface area contributed by atoms with Gasteiger partial charge in [-0.3, -0.25) is 9.69 Å². The SMILES string of the molecule is CC(=O)C(C)(C)COc1ccc(-c2ccc3c(c2)CCN3C(=O)Nc2ccccc2)cn1. The number of ether oxygens (including phenoxy) is 1. The first-order valence-electron chi connectivity index (χ1n) is 10.7. The van der Waals surface area contributed by atoms with Gasteiger partial charge in [0.25, 0.3) is 0 Å². The summed E-state index contributed by atoms with van der Waals surface area (Å²) in [7, 11) is 0. The molecule has 1 aromatic heterocycles. The van der Waals surface area contributed by atoms with Crippen molar-refractivity contribution in [1.29, 1.82) is 0 Å². The molecular weight excluding hydrogens is 402 g/mol. The van der Waals surface area contributed by atoms with Crippen molar-refractivity contribution >= 4 is 23.2 Å². The van der Waals surface area contributed by atoms with E-state index in [1.165, 1.54) is 0 Å². The molecular formula is C26H27N3O3. The fraction of sp³-hybridized carbons (Fsp3) is 0.269. The van der Waals surface area contributed by atoms with Gasteiger partial charge in [-0.05, 0) is 68.7 Å². The van der Waals surface area contributed by atoms with Gasteiger partial charge in [0.15, 0.2) is 0 Å². The van der Waals surface area contributed by atoms with Crippen LogP contribution < -0.4 is 15.0 Å². The van der Waals surface area contributed by atoms with Crippen LogP contribution in [0, 0.1) is 5.41 Å². The number of aromatic nitrogens is 1. The predicted molar refractivity (Wildman–Crippen MR) is 126 cm³/mol. The van der Waals surface area contributed by atoms with E-state index in [9.17, 15) is 9.59 Å². The molecule has 2 heterocycles. The molecule has 6 heteroatoms. The Bertz CT molecular complexity index is 1120. The molecule has 0 saturated heterocycles. The molecule has 3 aromatic rings. The van der Waals surface area contributed by atoms with E-state index in [-0.39, 0.29) is 18.4 Å². The van der Waals surface area contributed by atoms with Crippen LogP contribution in [-0.2, 0) is 11.2 Å². The summed E-state index contributed by atoms with van der Waals surface area (Å²) in [5, 5.41) is 2.95. The maximum absolute atomic E-state index is 12.7. The second-order valence-electron chi connectivity index (χ2n) is 8.66. The maximum Gasteiger partial charge on any atom is 0.326 e. The van der Waals surface area contributed by atoms with Crippen LogP contribution in [0.2, 0.25) is 0 Å². The van der Waals surface area contributed by atoms with E-state index in [2.05, 4.69) is 16.4 Å². The summed E-state index contributed by atoms with van der Waals surface area (Å²) in [4.78, 5) is 30.5. The van der Waals surface area contributed by atoms with Crippen molar-refractivity contribution in [2.45, 2.75) is 27.2 Å². The Kier molecular flexibility index (Phi) is 5.95. The zero-order valence-electron chi connectivity index (χ0n) is 18.6. The maximum atomic E-state index is 12.7. The van der Waals surface area contributed by atoms with E-state index in [4.69, 9.17) is 4.74 Å². The third kappa shape index (κ3) is 4.64. The van der Waals surface area contributed by atoms with Crippen molar-refractivity contribution in [3.8, 4) is 17.0 Å². The molecule has 0 radical (unpaired) electrons. The molecule has 1 N–H and O–H groups in total. The van der Waals surface area contributed by atoms with E-state index in [0.717, 1.165) is 34.5 Å². The molecule has 1 aliphatic rings. The lowest BCUT2D eigenvalue weighted by Crippen LogP contribution is -2.33. The number of fused-ring (bicyclic) bond motifs is 1. The Labute approximate surface area is 188 Å². The number of hydrogen-bond donors (Lipinski definition) is 1. The first kappa shape index (κ1) is 21.6. The van der Waals surface area contributed by atoms with Crippen molar-refractivity contribution in [1.82, 2.24) is 4.98 Å². The molecule has 0 saturated carbocycles. The predicted octanol–water partition coefficient (Wildman–Crippen LogP) is 5.34. The van der Waals surface area contributed by atoms with E-state index < -0.39 is 5.41 Å². The van der Waals surface area contributed by atoms with Crippen LogP contribution in [0.3, 0.4) is 0 Å². The second kappa shape index (κ2) is 8.83. The van der Waals surface area contributed by atoms with Crippen LogP contribution in [0.15, 0.2) is 66.9 Å². The smallest absolute Gasteiger partial charge is 0.326 e. The second-order valence-corrected chi connectivity index (χ2v) is 8.66. The number of anilines is 2. The van der Waals surface area contributed by atoms with Gasteiger partial charge in [-0.15, -0.1) is 0 Å². The minimum atomic E-state index is -0.543. The quantitative estimate of drug-likeness (QED) is 0.574. The molecule has 32 heavy (non-hydrogen) atoms. The number of nitrogens with one attached hydrogen (secondary N) is 1. The summed E-state index contributed by atoms with van der Waals surface area (Å²) in [6.45, 7) is 6.22. The van der Waals surface area contributed by atoms with Gasteiger partial charge in [0, 0.05) is 35.7 Å². The third-order valence-corrected chi connectivity index (χ3v) is 5.85. The number of amides is 2. The molecule has 164 valence electrons. The molecule has 0 fully saturated rings. The fourth-order valence-electron chi connectivity index (χ4n) is 3.50. The van der Waals surface area contributed by atoms with Gasteiger partial charge >= 0.3 is 6.03 Å². The number of carbonyl (C=O) groups is 2. The summed E-state index contributed by atoms with van der Waals surface area (Å²) >= 11 is 0.